The van der Waals surface area contributed by atoms with E-state index in [1.165, 1.54) is 12.1 Å². The maximum Gasteiger partial charge on any atom is 0.446 e. The van der Waals surface area contributed by atoms with Gasteiger partial charge in [0.1, 0.15) is 6.10 Å². The first-order valence-corrected chi connectivity index (χ1v) is 7.35. The van der Waals surface area contributed by atoms with Crippen LogP contribution in [0.2, 0.25) is 10.0 Å². The highest BCUT2D eigenvalue weighted by atomic mass is 35.5. The lowest BCUT2D eigenvalue weighted by molar-refractivity contribution is -0.0328. The molecule has 0 heterocycles. The van der Waals surface area contributed by atoms with Crippen molar-refractivity contribution in [1.82, 2.24) is 0 Å². The van der Waals surface area contributed by atoms with Gasteiger partial charge in [-0.25, -0.2) is 0 Å². The summed E-state index contributed by atoms with van der Waals surface area (Å²) in [6, 6.07) is 2.34. The lowest BCUT2D eigenvalue weighted by atomic mass is 10.3. The summed E-state index contributed by atoms with van der Waals surface area (Å²) in [5.41, 5.74) is -4.39. The van der Waals surface area contributed by atoms with E-state index in [-0.39, 0.29) is 44.4 Å². The Bertz CT molecular complexity index is 413. The monoisotopic (exact) mass is 352 g/mol. The Balaban J connectivity index is 2.97. The summed E-state index contributed by atoms with van der Waals surface area (Å²) in [5.74, 6) is 0.393. The molecule has 1 unspecified atom stereocenters. The summed E-state index contributed by atoms with van der Waals surface area (Å²) in [5, 5.41) is 0.0608. The van der Waals surface area contributed by atoms with Crippen LogP contribution in [0, 0.1) is 0 Å². The van der Waals surface area contributed by atoms with E-state index in [9.17, 15) is 13.2 Å². The van der Waals surface area contributed by atoms with Crippen molar-refractivity contribution < 1.29 is 17.9 Å². The minimum absolute atomic E-state index is 0.0304. The molecule has 0 radical (unpaired) electrons. The molecule has 0 aromatic heterocycles. The van der Waals surface area contributed by atoms with Crippen molar-refractivity contribution in [2.45, 2.75) is 29.9 Å². The zero-order valence-electron chi connectivity index (χ0n) is 9.73. The predicted molar refractivity (Wildman–Crippen MR) is 73.8 cm³/mol. The highest BCUT2D eigenvalue weighted by molar-refractivity contribution is 8.00. The number of hydrogen-bond donors (Lipinski definition) is 0. The molecule has 0 saturated carbocycles. The van der Waals surface area contributed by atoms with Crippen LogP contribution in [0.15, 0.2) is 17.0 Å². The molecule has 1 nitrogen and oxygen atoms in total. The molecule has 108 valence electrons. The third-order valence-electron chi connectivity index (χ3n) is 2.12. The number of rotatable bonds is 5. The van der Waals surface area contributed by atoms with Crippen LogP contribution >= 0.6 is 46.6 Å². The summed E-state index contributed by atoms with van der Waals surface area (Å²) in [4.78, 5) is -0.0891. The molecule has 0 spiro atoms. The van der Waals surface area contributed by atoms with Gasteiger partial charge in [0.25, 0.3) is 0 Å². The Morgan fingerprint density at radius 1 is 1.26 bits per heavy atom. The van der Waals surface area contributed by atoms with E-state index in [2.05, 4.69) is 0 Å². The van der Waals surface area contributed by atoms with Gasteiger partial charge in [-0.3, -0.25) is 0 Å². The number of alkyl halides is 4. The molecule has 1 rings (SSSR count). The van der Waals surface area contributed by atoms with E-state index in [0.717, 1.165) is 0 Å². The van der Waals surface area contributed by atoms with Gasteiger partial charge in [-0.05, 0) is 30.3 Å². The lowest BCUT2D eigenvalue weighted by Gasteiger charge is -2.17. The van der Waals surface area contributed by atoms with Crippen molar-refractivity contribution in [3.8, 4) is 5.75 Å². The molecule has 8 heteroatoms. The highest BCUT2D eigenvalue weighted by Crippen LogP contribution is 2.43. The summed E-state index contributed by atoms with van der Waals surface area (Å²) >= 11 is 17.2. The average Bonchev–Trinajstić information content (AvgIpc) is 2.26. The molecule has 0 fully saturated rings. The quantitative estimate of drug-likeness (QED) is 0.474. The Morgan fingerprint density at radius 2 is 1.79 bits per heavy atom. The van der Waals surface area contributed by atoms with Crippen LogP contribution in [-0.4, -0.2) is 17.5 Å². The molecule has 0 saturated heterocycles. The molecular formula is C11H10Cl3F3OS. The predicted octanol–water partition coefficient (Wildman–Crippen LogP) is 6.00. The standard InChI is InChI=1S/C11H10Cl3F3OS/c1-2-6(5-12)18-10-8(13)3-7(4-9(10)14)19-11(15,16)17/h3-4,6H,2,5H2,1H3. The second kappa shape index (κ2) is 7.16. The number of thioether (sulfide) groups is 1. The van der Waals surface area contributed by atoms with Gasteiger partial charge in [0.15, 0.2) is 5.75 Å². The van der Waals surface area contributed by atoms with Crippen molar-refractivity contribution in [2.75, 3.05) is 5.88 Å². The number of benzene rings is 1. The molecule has 0 aliphatic heterocycles. The van der Waals surface area contributed by atoms with Gasteiger partial charge in [-0.1, -0.05) is 30.1 Å². The normalized spacial score (nSPS) is 13.4. The van der Waals surface area contributed by atoms with E-state index in [1.807, 2.05) is 6.92 Å². The third-order valence-corrected chi connectivity index (χ3v) is 3.73. The Hall–Kier alpha value is 0.0300. The second-order valence-electron chi connectivity index (χ2n) is 3.57. The van der Waals surface area contributed by atoms with E-state index >= 15 is 0 Å². The number of halogens is 6. The number of ether oxygens (including phenoxy) is 1. The van der Waals surface area contributed by atoms with Crippen LogP contribution in [0.3, 0.4) is 0 Å². The van der Waals surface area contributed by atoms with Gasteiger partial charge in [0.2, 0.25) is 0 Å². The average molecular weight is 354 g/mol. The fourth-order valence-electron chi connectivity index (χ4n) is 1.23. The molecule has 1 aromatic rings. The van der Waals surface area contributed by atoms with Crippen molar-refractivity contribution in [2.24, 2.45) is 0 Å². The molecule has 0 aliphatic carbocycles. The van der Waals surface area contributed by atoms with Gasteiger partial charge in [0.05, 0.1) is 15.9 Å². The van der Waals surface area contributed by atoms with Crippen LogP contribution in [-0.2, 0) is 0 Å². The largest absolute Gasteiger partial charge is 0.486 e. The number of hydrogen-bond acceptors (Lipinski definition) is 2. The summed E-state index contributed by atoms with van der Waals surface area (Å²) in [7, 11) is 0. The minimum Gasteiger partial charge on any atom is -0.486 e. The van der Waals surface area contributed by atoms with Gasteiger partial charge in [-0.15, -0.1) is 11.6 Å². The van der Waals surface area contributed by atoms with Crippen LogP contribution in [0.4, 0.5) is 13.2 Å². The maximum atomic E-state index is 12.3. The molecular weight excluding hydrogens is 344 g/mol. The van der Waals surface area contributed by atoms with E-state index in [0.29, 0.717) is 6.42 Å². The zero-order chi connectivity index (χ0) is 14.6. The first-order chi connectivity index (χ1) is 8.76. The molecule has 0 amide bonds. The van der Waals surface area contributed by atoms with Crippen molar-refractivity contribution in [3.05, 3.63) is 22.2 Å². The van der Waals surface area contributed by atoms with Gasteiger partial charge < -0.3 is 4.74 Å². The van der Waals surface area contributed by atoms with Crippen molar-refractivity contribution in [1.29, 1.82) is 0 Å². The summed E-state index contributed by atoms with van der Waals surface area (Å²) < 4.78 is 42.2. The van der Waals surface area contributed by atoms with E-state index in [1.54, 1.807) is 0 Å². The lowest BCUT2D eigenvalue weighted by Crippen LogP contribution is -2.17. The first-order valence-electron chi connectivity index (χ1n) is 5.24. The van der Waals surface area contributed by atoms with Gasteiger partial charge >= 0.3 is 5.51 Å². The van der Waals surface area contributed by atoms with Crippen LogP contribution in [0.1, 0.15) is 13.3 Å². The Labute approximate surface area is 128 Å². The summed E-state index contributed by atoms with van der Waals surface area (Å²) in [6.45, 7) is 1.86. The van der Waals surface area contributed by atoms with Crippen LogP contribution < -0.4 is 4.74 Å². The fraction of sp³-hybridized carbons (Fsp3) is 0.455. The Morgan fingerprint density at radius 3 is 2.16 bits per heavy atom. The molecule has 0 bridgehead atoms. The SMILES string of the molecule is CCC(CCl)Oc1c(Cl)cc(SC(F)(F)F)cc1Cl. The zero-order valence-corrected chi connectivity index (χ0v) is 12.8. The Kier molecular flexibility index (Phi) is 6.43. The molecule has 19 heavy (non-hydrogen) atoms. The van der Waals surface area contributed by atoms with Crippen molar-refractivity contribution >= 4 is 46.6 Å². The fourth-order valence-corrected chi connectivity index (χ4v) is 2.84. The van der Waals surface area contributed by atoms with Gasteiger partial charge in [-0.2, -0.15) is 13.2 Å². The molecule has 1 atom stereocenters. The van der Waals surface area contributed by atoms with Crippen molar-refractivity contribution in [3.63, 3.8) is 0 Å². The van der Waals surface area contributed by atoms with Gasteiger partial charge in [0, 0.05) is 4.90 Å². The highest BCUT2D eigenvalue weighted by Gasteiger charge is 2.30. The minimum atomic E-state index is -4.39. The van der Waals surface area contributed by atoms with Crippen LogP contribution in [0.5, 0.6) is 5.75 Å². The van der Waals surface area contributed by atoms with E-state index < -0.39 is 5.51 Å². The molecule has 1 aromatic carbocycles. The second-order valence-corrected chi connectivity index (χ2v) is 5.83. The van der Waals surface area contributed by atoms with Crippen LogP contribution in [0.25, 0.3) is 0 Å². The first kappa shape index (κ1) is 17.1. The summed E-state index contributed by atoms with van der Waals surface area (Å²) in [6.07, 6.45) is 0.340. The molecule has 0 N–H and O–H groups in total. The smallest absolute Gasteiger partial charge is 0.446 e. The topological polar surface area (TPSA) is 9.23 Å². The third kappa shape index (κ3) is 5.50. The maximum absolute atomic E-state index is 12.3. The van der Waals surface area contributed by atoms with E-state index in [4.69, 9.17) is 39.5 Å². The molecule has 0 aliphatic rings.